The summed E-state index contributed by atoms with van der Waals surface area (Å²) in [5.74, 6) is 0.973. The van der Waals surface area contributed by atoms with Gasteiger partial charge in [0.2, 0.25) is 5.91 Å². The van der Waals surface area contributed by atoms with Crippen LogP contribution in [0.15, 0.2) is 66.7 Å². The van der Waals surface area contributed by atoms with E-state index in [-0.39, 0.29) is 19.0 Å². The standard InChI is InChI=1S/C26H27F3N2O4.ClH/c1-33-21-7-5-4-6-20(21)24(30)25(32)31(19-12-13-22(34-2)23(16-19)35-3)15-14-17-8-10-18(11-9-17)26(27,28)29;/h4-13,16,24H,14-15,30H2,1-3H3;1H/t24-;/m0./s1. The van der Waals surface area contributed by atoms with Crippen molar-refractivity contribution in [3.8, 4) is 17.2 Å². The van der Waals surface area contributed by atoms with Gasteiger partial charge < -0.3 is 24.8 Å². The molecule has 2 N–H and O–H groups in total. The van der Waals surface area contributed by atoms with Crippen molar-refractivity contribution in [2.75, 3.05) is 32.8 Å². The van der Waals surface area contributed by atoms with Crippen LogP contribution in [0.2, 0.25) is 0 Å². The lowest BCUT2D eigenvalue weighted by Crippen LogP contribution is -2.40. The van der Waals surface area contributed by atoms with Gasteiger partial charge in [-0.05, 0) is 42.3 Å². The molecule has 194 valence electrons. The van der Waals surface area contributed by atoms with Gasteiger partial charge in [-0.1, -0.05) is 30.3 Å². The predicted octanol–water partition coefficient (Wildman–Crippen LogP) is 5.43. The van der Waals surface area contributed by atoms with Crippen molar-refractivity contribution in [3.05, 3.63) is 83.4 Å². The van der Waals surface area contributed by atoms with Crippen LogP contribution in [0.5, 0.6) is 17.2 Å². The molecule has 3 rings (SSSR count). The lowest BCUT2D eigenvalue weighted by atomic mass is 10.0. The first-order valence-electron chi connectivity index (χ1n) is 10.8. The SMILES string of the molecule is COc1ccc(N(CCc2ccc(C(F)(F)F)cc2)C(=O)[C@@H](N)c2ccccc2OC)cc1OC.Cl. The van der Waals surface area contributed by atoms with Crippen LogP contribution in [-0.4, -0.2) is 33.8 Å². The number of anilines is 1. The Kier molecular flexibility index (Phi) is 10.0. The molecule has 0 saturated heterocycles. The first-order chi connectivity index (χ1) is 16.7. The predicted molar refractivity (Wildman–Crippen MR) is 134 cm³/mol. The van der Waals surface area contributed by atoms with Crippen molar-refractivity contribution >= 4 is 24.0 Å². The maximum atomic E-state index is 13.6. The lowest BCUT2D eigenvalue weighted by molar-refractivity contribution is -0.137. The van der Waals surface area contributed by atoms with Gasteiger partial charge in [0.05, 0.1) is 26.9 Å². The number of ether oxygens (including phenoxy) is 3. The number of amides is 1. The van der Waals surface area contributed by atoms with Crippen LogP contribution in [0.25, 0.3) is 0 Å². The second-order valence-corrected chi connectivity index (χ2v) is 7.69. The molecular formula is C26H28ClF3N2O4. The molecule has 36 heavy (non-hydrogen) atoms. The van der Waals surface area contributed by atoms with Crippen LogP contribution >= 0.6 is 12.4 Å². The minimum atomic E-state index is -4.41. The molecule has 0 saturated carbocycles. The second kappa shape index (κ2) is 12.5. The molecule has 0 aliphatic carbocycles. The van der Waals surface area contributed by atoms with Gasteiger partial charge in [0.25, 0.3) is 0 Å². The zero-order valence-corrected chi connectivity index (χ0v) is 20.9. The molecular weight excluding hydrogens is 497 g/mol. The topological polar surface area (TPSA) is 74.0 Å². The molecule has 0 heterocycles. The van der Waals surface area contributed by atoms with Gasteiger partial charge in [-0.3, -0.25) is 4.79 Å². The fraction of sp³-hybridized carbons (Fsp3) is 0.269. The lowest BCUT2D eigenvalue weighted by Gasteiger charge is -2.27. The fourth-order valence-electron chi connectivity index (χ4n) is 3.68. The molecule has 0 aliphatic heterocycles. The molecule has 6 nitrogen and oxygen atoms in total. The van der Waals surface area contributed by atoms with Crippen molar-refractivity contribution in [2.24, 2.45) is 5.73 Å². The molecule has 0 aromatic heterocycles. The van der Waals surface area contributed by atoms with Gasteiger partial charge in [0.15, 0.2) is 11.5 Å². The fourth-order valence-corrected chi connectivity index (χ4v) is 3.68. The van der Waals surface area contributed by atoms with Crippen LogP contribution in [0, 0.1) is 0 Å². The van der Waals surface area contributed by atoms with Crippen LogP contribution in [-0.2, 0) is 17.4 Å². The van der Waals surface area contributed by atoms with E-state index < -0.39 is 23.7 Å². The first kappa shape index (κ1) is 28.8. The van der Waals surface area contributed by atoms with Crippen LogP contribution < -0.4 is 24.8 Å². The van der Waals surface area contributed by atoms with Crippen LogP contribution in [0.4, 0.5) is 18.9 Å². The summed E-state index contributed by atoms with van der Waals surface area (Å²) in [4.78, 5) is 15.1. The average Bonchev–Trinajstić information content (AvgIpc) is 2.87. The molecule has 1 amide bonds. The van der Waals surface area contributed by atoms with Crippen molar-refractivity contribution in [1.29, 1.82) is 0 Å². The Hall–Kier alpha value is -3.43. The number of hydrogen-bond acceptors (Lipinski definition) is 5. The molecule has 1 atom stereocenters. The molecule has 0 spiro atoms. The highest BCUT2D eigenvalue weighted by Gasteiger charge is 2.30. The van der Waals surface area contributed by atoms with E-state index in [2.05, 4.69) is 0 Å². The van der Waals surface area contributed by atoms with E-state index in [4.69, 9.17) is 19.9 Å². The average molecular weight is 525 g/mol. The van der Waals surface area contributed by atoms with E-state index in [1.54, 1.807) is 42.5 Å². The minimum absolute atomic E-state index is 0. The molecule has 0 bridgehead atoms. The molecule has 0 unspecified atom stereocenters. The quantitative estimate of drug-likeness (QED) is 0.404. The summed E-state index contributed by atoms with van der Waals surface area (Å²) >= 11 is 0. The highest BCUT2D eigenvalue weighted by Crippen LogP contribution is 2.34. The third-order valence-corrected chi connectivity index (χ3v) is 5.59. The Morgan fingerprint density at radius 2 is 1.50 bits per heavy atom. The number of alkyl halides is 3. The van der Waals surface area contributed by atoms with E-state index in [1.807, 2.05) is 0 Å². The summed E-state index contributed by atoms with van der Waals surface area (Å²) in [5, 5.41) is 0. The summed E-state index contributed by atoms with van der Waals surface area (Å²) in [5.41, 5.74) is 7.29. The van der Waals surface area contributed by atoms with E-state index in [9.17, 15) is 18.0 Å². The molecule has 3 aromatic rings. The van der Waals surface area contributed by atoms with Gasteiger partial charge in [-0.2, -0.15) is 13.2 Å². The Morgan fingerprint density at radius 1 is 0.889 bits per heavy atom. The number of hydrogen-bond donors (Lipinski definition) is 1. The van der Waals surface area contributed by atoms with E-state index >= 15 is 0 Å². The maximum Gasteiger partial charge on any atom is 0.416 e. The number of nitrogens with two attached hydrogens (primary N) is 1. The third-order valence-electron chi connectivity index (χ3n) is 5.59. The van der Waals surface area contributed by atoms with Gasteiger partial charge in [-0.15, -0.1) is 12.4 Å². The molecule has 3 aromatic carbocycles. The zero-order chi connectivity index (χ0) is 25.6. The number of rotatable bonds is 9. The Morgan fingerprint density at radius 3 is 2.08 bits per heavy atom. The third kappa shape index (κ3) is 6.61. The highest BCUT2D eigenvalue weighted by atomic mass is 35.5. The molecule has 10 heteroatoms. The molecule has 0 fully saturated rings. The Labute approximate surface area is 214 Å². The normalized spacial score (nSPS) is 11.8. The number of carbonyl (C=O) groups excluding carboxylic acids is 1. The smallest absolute Gasteiger partial charge is 0.416 e. The largest absolute Gasteiger partial charge is 0.496 e. The number of benzene rings is 3. The highest BCUT2D eigenvalue weighted by molar-refractivity contribution is 5.98. The van der Waals surface area contributed by atoms with Crippen LogP contribution in [0.1, 0.15) is 22.7 Å². The number of carbonyl (C=O) groups is 1. The van der Waals surface area contributed by atoms with Gasteiger partial charge >= 0.3 is 6.18 Å². The van der Waals surface area contributed by atoms with Crippen molar-refractivity contribution in [1.82, 2.24) is 0 Å². The Balaban J connectivity index is 0.00000456. The molecule has 0 aliphatic rings. The van der Waals surface area contributed by atoms with E-state index in [0.29, 0.717) is 40.5 Å². The number of methoxy groups -OCH3 is 3. The van der Waals surface area contributed by atoms with E-state index in [0.717, 1.165) is 12.1 Å². The monoisotopic (exact) mass is 524 g/mol. The summed E-state index contributed by atoms with van der Waals surface area (Å²) in [6.07, 6.45) is -4.11. The van der Waals surface area contributed by atoms with Crippen molar-refractivity contribution in [3.63, 3.8) is 0 Å². The van der Waals surface area contributed by atoms with Gasteiger partial charge in [-0.25, -0.2) is 0 Å². The minimum Gasteiger partial charge on any atom is -0.496 e. The number of nitrogens with zero attached hydrogens (tertiary/aromatic N) is 1. The van der Waals surface area contributed by atoms with Gasteiger partial charge in [0, 0.05) is 23.9 Å². The van der Waals surface area contributed by atoms with Crippen molar-refractivity contribution in [2.45, 2.75) is 18.6 Å². The van der Waals surface area contributed by atoms with Crippen LogP contribution in [0.3, 0.4) is 0 Å². The Bertz CT molecular complexity index is 1160. The van der Waals surface area contributed by atoms with Gasteiger partial charge in [0.1, 0.15) is 11.8 Å². The van der Waals surface area contributed by atoms with E-state index in [1.165, 1.54) is 38.4 Å². The zero-order valence-electron chi connectivity index (χ0n) is 20.0. The number of para-hydroxylation sites is 1. The van der Waals surface area contributed by atoms with Crippen molar-refractivity contribution < 1.29 is 32.2 Å². The first-order valence-corrected chi connectivity index (χ1v) is 10.8. The summed E-state index contributed by atoms with van der Waals surface area (Å²) in [6, 6.07) is 15.8. The molecule has 0 radical (unpaired) electrons. The summed E-state index contributed by atoms with van der Waals surface area (Å²) < 4.78 is 54.7. The number of halogens is 4. The maximum absolute atomic E-state index is 13.6. The second-order valence-electron chi connectivity index (χ2n) is 7.69. The summed E-state index contributed by atoms with van der Waals surface area (Å²) in [6.45, 7) is 0.169. The summed E-state index contributed by atoms with van der Waals surface area (Å²) in [7, 11) is 4.48.